The van der Waals surface area contributed by atoms with Crippen LogP contribution in [0.3, 0.4) is 0 Å². The molecular weight excluding hydrogens is 338 g/mol. The van der Waals surface area contributed by atoms with Gasteiger partial charge in [0.25, 0.3) is 5.91 Å². The highest BCUT2D eigenvalue weighted by Gasteiger charge is 2.21. The lowest BCUT2D eigenvalue weighted by atomic mass is 9.98. The number of aromatic nitrogens is 2. The molecule has 0 atom stereocenters. The molecule has 0 unspecified atom stereocenters. The van der Waals surface area contributed by atoms with Crippen molar-refractivity contribution in [3.05, 3.63) is 53.2 Å². The standard InChI is InChI=1S/C19H16ClN3O2/c1-11-18(12-3-6-14(20)7-4-12)19(23(2)22-11)13-5-8-16-15(9-13)21-17(24)10-25-16/h3-9H,10H2,1-2H3,(H,21,24). The van der Waals surface area contributed by atoms with Crippen molar-refractivity contribution in [3.63, 3.8) is 0 Å². The molecule has 4 rings (SSSR count). The van der Waals surface area contributed by atoms with Gasteiger partial charge in [0.05, 0.1) is 17.1 Å². The van der Waals surface area contributed by atoms with Gasteiger partial charge in [0, 0.05) is 23.2 Å². The summed E-state index contributed by atoms with van der Waals surface area (Å²) in [5, 5.41) is 8.13. The lowest BCUT2D eigenvalue weighted by molar-refractivity contribution is -0.118. The van der Waals surface area contributed by atoms with Crippen LogP contribution in [0.2, 0.25) is 5.02 Å². The predicted octanol–water partition coefficient (Wildman–Crippen LogP) is 4.05. The molecule has 0 radical (unpaired) electrons. The Hall–Kier alpha value is -2.79. The number of aryl methyl sites for hydroxylation is 2. The molecule has 0 aliphatic carbocycles. The number of hydrogen-bond donors (Lipinski definition) is 1. The third kappa shape index (κ3) is 2.76. The topological polar surface area (TPSA) is 56.2 Å². The molecule has 2 aromatic carbocycles. The lowest BCUT2D eigenvalue weighted by Gasteiger charge is -2.19. The molecule has 1 aliphatic rings. The van der Waals surface area contributed by atoms with Crippen molar-refractivity contribution in [2.24, 2.45) is 7.05 Å². The molecule has 0 fully saturated rings. The lowest BCUT2D eigenvalue weighted by Crippen LogP contribution is -2.25. The van der Waals surface area contributed by atoms with Crippen molar-refractivity contribution in [2.45, 2.75) is 6.92 Å². The summed E-state index contributed by atoms with van der Waals surface area (Å²) in [4.78, 5) is 11.6. The summed E-state index contributed by atoms with van der Waals surface area (Å²) in [6.45, 7) is 2.03. The second-order valence-electron chi connectivity index (χ2n) is 5.99. The highest BCUT2D eigenvalue weighted by molar-refractivity contribution is 6.30. The molecule has 1 N–H and O–H groups in total. The van der Waals surface area contributed by atoms with Crippen LogP contribution in [0.25, 0.3) is 22.4 Å². The Bertz CT molecular complexity index is 977. The second-order valence-corrected chi connectivity index (χ2v) is 6.42. The van der Waals surface area contributed by atoms with E-state index in [0.29, 0.717) is 16.5 Å². The first kappa shape index (κ1) is 15.7. The number of amides is 1. The number of carbonyl (C=O) groups excluding carboxylic acids is 1. The van der Waals surface area contributed by atoms with Gasteiger partial charge in [-0.25, -0.2) is 0 Å². The SMILES string of the molecule is Cc1nn(C)c(-c2ccc3c(c2)NC(=O)CO3)c1-c1ccc(Cl)cc1. The van der Waals surface area contributed by atoms with Gasteiger partial charge >= 0.3 is 0 Å². The fraction of sp³-hybridized carbons (Fsp3) is 0.158. The van der Waals surface area contributed by atoms with E-state index in [0.717, 1.165) is 28.1 Å². The third-order valence-corrected chi connectivity index (χ3v) is 4.49. The Kier molecular flexibility index (Phi) is 3.73. The number of rotatable bonds is 2. The zero-order valence-corrected chi connectivity index (χ0v) is 14.6. The molecule has 5 nitrogen and oxygen atoms in total. The van der Waals surface area contributed by atoms with Crippen molar-refractivity contribution in [2.75, 3.05) is 11.9 Å². The first-order chi connectivity index (χ1) is 12.0. The monoisotopic (exact) mass is 353 g/mol. The first-order valence-electron chi connectivity index (χ1n) is 7.89. The molecular formula is C19H16ClN3O2. The second kappa shape index (κ2) is 5.93. The van der Waals surface area contributed by atoms with Gasteiger partial charge in [-0.1, -0.05) is 23.7 Å². The predicted molar refractivity (Wildman–Crippen MR) is 98.0 cm³/mol. The highest BCUT2D eigenvalue weighted by Crippen LogP contribution is 2.38. The molecule has 25 heavy (non-hydrogen) atoms. The summed E-state index contributed by atoms with van der Waals surface area (Å²) in [6, 6.07) is 13.5. The zero-order chi connectivity index (χ0) is 17.6. The van der Waals surface area contributed by atoms with Gasteiger partial charge in [0.2, 0.25) is 0 Å². The van der Waals surface area contributed by atoms with Crippen LogP contribution in [0.15, 0.2) is 42.5 Å². The van der Waals surface area contributed by atoms with Crippen molar-refractivity contribution >= 4 is 23.2 Å². The molecule has 0 saturated heterocycles. The third-order valence-electron chi connectivity index (χ3n) is 4.24. The maximum absolute atomic E-state index is 11.6. The summed E-state index contributed by atoms with van der Waals surface area (Å²) in [7, 11) is 1.91. The fourth-order valence-electron chi connectivity index (χ4n) is 3.18. The van der Waals surface area contributed by atoms with Crippen LogP contribution in [0.4, 0.5) is 5.69 Å². The maximum Gasteiger partial charge on any atom is 0.262 e. The van der Waals surface area contributed by atoms with Crippen LogP contribution in [0, 0.1) is 6.92 Å². The summed E-state index contributed by atoms with van der Waals surface area (Å²) in [5.74, 6) is 0.527. The Morgan fingerprint density at radius 1 is 1.16 bits per heavy atom. The van der Waals surface area contributed by atoms with Crippen LogP contribution in [-0.2, 0) is 11.8 Å². The molecule has 0 spiro atoms. The molecule has 6 heteroatoms. The summed E-state index contributed by atoms with van der Waals surface area (Å²) < 4.78 is 7.29. The van der Waals surface area contributed by atoms with E-state index in [2.05, 4.69) is 10.4 Å². The van der Waals surface area contributed by atoms with E-state index in [1.807, 2.05) is 61.1 Å². The number of hydrogen-bond acceptors (Lipinski definition) is 3. The number of nitrogens with zero attached hydrogens (tertiary/aromatic N) is 2. The van der Waals surface area contributed by atoms with Crippen molar-refractivity contribution < 1.29 is 9.53 Å². The average Bonchev–Trinajstić information content (AvgIpc) is 2.89. The quantitative estimate of drug-likeness (QED) is 0.756. The Balaban J connectivity index is 1.87. The fourth-order valence-corrected chi connectivity index (χ4v) is 3.31. The number of anilines is 1. The van der Waals surface area contributed by atoms with Gasteiger partial charge in [-0.15, -0.1) is 0 Å². The van der Waals surface area contributed by atoms with Crippen LogP contribution >= 0.6 is 11.6 Å². The molecule has 0 bridgehead atoms. The van der Waals surface area contributed by atoms with E-state index in [1.165, 1.54) is 0 Å². The number of ether oxygens (including phenoxy) is 1. The van der Waals surface area contributed by atoms with Gasteiger partial charge in [0.15, 0.2) is 6.61 Å². The average molecular weight is 354 g/mol. The van der Waals surface area contributed by atoms with E-state index in [9.17, 15) is 4.79 Å². The van der Waals surface area contributed by atoms with Gasteiger partial charge in [-0.05, 0) is 42.8 Å². The van der Waals surface area contributed by atoms with Gasteiger partial charge < -0.3 is 10.1 Å². The molecule has 126 valence electrons. The number of benzene rings is 2. The molecule has 1 amide bonds. The van der Waals surface area contributed by atoms with E-state index in [1.54, 1.807) is 0 Å². The van der Waals surface area contributed by atoms with Crippen LogP contribution in [0.5, 0.6) is 5.75 Å². The summed E-state index contributed by atoms with van der Waals surface area (Å²) in [6.07, 6.45) is 0. The van der Waals surface area contributed by atoms with Crippen LogP contribution in [0.1, 0.15) is 5.69 Å². The van der Waals surface area contributed by atoms with E-state index in [-0.39, 0.29) is 12.5 Å². The zero-order valence-electron chi connectivity index (χ0n) is 13.8. The number of fused-ring (bicyclic) bond motifs is 1. The number of halogens is 1. The Morgan fingerprint density at radius 2 is 1.88 bits per heavy atom. The van der Waals surface area contributed by atoms with Gasteiger partial charge in [-0.3, -0.25) is 9.48 Å². The minimum atomic E-state index is -0.149. The van der Waals surface area contributed by atoms with E-state index in [4.69, 9.17) is 16.3 Å². The maximum atomic E-state index is 11.6. The first-order valence-corrected chi connectivity index (χ1v) is 8.27. The van der Waals surface area contributed by atoms with E-state index < -0.39 is 0 Å². The Morgan fingerprint density at radius 3 is 2.64 bits per heavy atom. The smallest absolute Gasteiger partial charge is 0.262 e. The minimum absolute atomic E-state index is 0.0488. The number of carbonyl (C=O) groups is 1. The molecule has 3 aromatic rings. The van der Waals surface area contributed by atoms with E-state index >= 15 is 0 Å². The van der Waals surface area contributed by atoms with Crippen molar-refractivity contribution in [3.8, 4) is 28.1 Å². The summed E-state index contributed by atoms with van der Waals surface area (Å²) in [5.41, 5.74) is 5.62. The largest absolute Gasteiger partial charge is 0.482 e. The van der Waals surface area contributed by atoms with Crippen molar-refractivity contribution in [1.29, 1.82) is 0 Å². The van der Waals surface area contributed by atoms with Gasteiger partial charge in [-0.2, -0.15) is 5.10 Å². The molecule has 1 aliphatic heterocycles. The summed E-state index contributed by atoms with van der Waals surface area (Å²) >= 11 is 6.02. The van der Waals surface area contributed by atoms with Crippen LogP contribution in [-0.4, -0.2) is 22.3 Å². The molecule has 2 heterocycles. The minimum Gasteiger partial charge on any atom is -0.482 e. The van der Waals surface area contributed by atoms with Gasteiger partial charge in [0.1, 0.15) is 5.75 Å². The molecule has 1 aromatic heterocycles. The Labute approximate surface area is 150 Å². The highest BCUT2D eigenvalue weighted by atomic mass is 35.5. The normalized spacial score (nSPS) is 13.2. The number of nitrogens with one attached hydrogen (secondary N) is 1. The molecule has 0 saturated carbocycles. The van der Waals surface area contributed by atoms with Crippen LogP contribution < -0.4 is 10.1 Å². The van der Waals surface area contributed by atoms with Crippen molar-refractivity contribution in [1.82, 2.24) is 9.78 Å².